The Kier molecular flexibility index (Phi) is 4.98. The molecule has 0 bridgehead atoms. The number of nitrogens with zero attached hydrogens (tertiary/aromatic N) is 1. The first-order valence-electron chi connectivity index (χ1n) is 13.0. The second kappa shape index (κ2) is 7.68. The van der Waals surface area contributed by atoms with Crippen molar-refractivity contribution in [3.63, 3.8) is 0 Å². The Hall–Kier alpha value is -2.16. The molecule has 0 unspecified atom stereocenters. The van der Waals surface area contributed by atoms with Crippen molar-refractivity contribution in [2.24, 2.45) is 17.8 Å². The van der Waals surface area contributed by atoms with E-state index in [-0.39, 0.29) is 5.60 Å². The molecule has 5 atom stereocenters. The maximum Gasteiger partial charge on any atom is 0.128 e. The minimum Gasteiger partial charge on any atom is -0.364 e. The third-order valence-corrected chi connectivity index (χ3v) is 10.1. The molecule has 2 heteroatoms. The molecule has 2 saturated heterocycles. The van der Waals surface area contributed by atoms with Crippen molar-refractivity contribution >= 4 is 10.8 Å². The number of hydrogen-bond donors (Lipinski definition) is 0. The molecule has 172 valence electrons. The highest BCUT2D eigenvalue weighted by Crippen LogP contribution is 2.66. The molecule has 0 N–H and O–H groups in total. The molecule has 1 saturated carbocycles. The van der Waals surface area contributed by atoms with Crippen molar-refractivity contribution in [2.75, 3.05) is 13.1 Å². The van der Waals surface area contributed by atoms with Gasteiger partial charge >= 0.3 is 0 Å². The van der Waals surface area contributed by atoms with Crippen molar-refractivity contribution in [2.45, 2.75) is 64.3 Å². The topological polar surface area (TPSA) is 9.23 Å². The molecule has 3 fully saturated rings. The summed E-state index contributed by atoms with van der Waals surface area (Å²) in [6, 6.07) is 26.6. The molecule has 0 amide bonds. The highest BCUT2D eigenvalue weighted by atomic mass is 16.5. The highest BCUT2D eigenvalue weighted by Gasteiger charge is 2.76. The number of quaternary nitrogens is 1. The smallest absolute Gasteiger partial charge is 0.128 e. The van der Waals surface area contributed by atoms with Crippen LogP contribution in [0.2, 0.25) is 0 Å². The molecule has 3 aromatic rings. The van der Waals surface area contributed by atoms with Gasteiger partial charge in [-0.05, 0) is 42.0 Å². The van der Waals surface area contributed by atoms with Gasteiger partial charge in [-0.2, -0.15) is 0 Å². The van der Waals surface area contributed by atoms with Crippen LogP contribution < -0.4 is 0 Å². The molecule has 6 rings (SSSR count). The minimum atomic E-state index is -0.0512. The molecule has 0 spiro atoms. The second-order valence-electron chi connectivity index (χ2n) is 11.5. The van der Waals surface area contributed by atoms with E-state index in [1.165, 1.54) is 52.2 Å². The number of ether oxygens (including phenoxy) is 1. The van der Waals surface area contributed by atoms with E-state index < -0.39 is 0 Å². The van der Waals surface area contributed by atoms with Crippen LogP contribution in [0.1, 0.15) is 51.2 Å². The van der Waals surface area contributed by atoms with Crippen LogP contribution in [-0.2, 0) is 17.9 Å². The van der Waals surface area contributed by atoms with E-state index in [0.717, 1.165) is 25.6 Å². The maximum absolute atomic E-state index is 7.10. The van der Waals surface area contributed by atoms with Gasteiger partial charge in [0.25, 0.3) is 0 Å². The highest BCUT2D eigenvalue weighted by molar-refractivity contribution is 5.85. The predicted octanol–water partition coefficient (Wildman–Crippen LogP) is 6.97. The largest absolute Gasteiger partial charge is 0.364 e. The summed E-state index contributed by atoms with van der Waals surface area (Å²) in [5, 5.41) is 2.80. The number of rotatable bonds is 6. The normalized spacial score (nSPS) is 34.9. The fourth-order valence-electron chi connectivity index (χ4n) is 8.36. The molecule has 2 nitrogen and oxygen atoms in total. The zero-order valence-electron chi connectivity index (χ0n) is 20.5. The summed E-state index contributed by atoms with van der Waals surface area (Å²) in [6.45, 7) is 11.8. The van der Waals surface area contributed by atoms with Gasteiger partial charge in [0.2, 0.25) is 0 Å². The van der Waals surface area contributed by atoms with Crippen LogP contribution in [0.3, 0.4) is 0 Å². The van der Waals surface area contributed by atoms with Crippen molar-refractivity contribution in [1.82, 2.24) is 0 Å². The fourth-order valence-corrected chi connectivity index (χ4v) is 8.36. The van der Waals surface area contributed by atoms with E-state index in [0.29, 0.717) is 17.4 Å². The Morgan fingerprint density at radius 1 is 0.909 bits per heavy atom. The minimum absolute atomic E-state index is 0.0512. The Bertz CT molecular complexity index is 1150. The molecule has 0 radical (unpaired) electrons. The van der Waals surface area contributed by atoms with Gasteiger partial charge in [0.15, 0.2) is 0 Å². The molecule has 0 aromatic heterocycles. The average Bonchev–Trinajstić information content (AvgIpc) is 3.40. The second-order valence-corrected chi connectivity index (χ2v) is 11.5. The van der Waals surface area contributed by atoms with E-state index >= 15 is 0 Å². The molecule has 2 aliphatic heterocycles. The molecule has 2 heterocycles. The summed E-state index contributed by atoms with van der Waals surface area (Å²) in [7, 11) is 0. The van der Waals surface area contributed by atoms with Crippen molar-refractivity contribution in [1.29, 1.82) is 0 Å². The van der Waals surface area contributed by atoms with E-state index in [9.17, 15) is 0 Å². The van der Waals surface area contributed by atoms with Gasteiger partial charge in [-0.1, -0.05) is 86.6 Å². The third kappa shape index (κ3) is 3.00. The van der Waals surface area contributed by atoms with Gasteiger partial charge < -0.3 is 9.22 Å². The van der Waals surface area contributed by atoms with Gasteiger partial charge in [0.1, 0.15) is 24.2 Å². The van der Waals surface area contributed by atoms with E-state index in [2.05, 4.69) is 93.6 Å². The van der Waals surface area contributed by atoms with Gasteiger partial charge in [0.05, 0.1) is 13.2 Å². The van der Waals surface area contributed by atoms with Crippen LogP contribution in [0.25, 0.3) is 10.8 Å². The van der Waals surface area contributed by atoms with Crippen LogP contribution in [0, 0.1) is 17.8 Å². The van der Waals surface area contributed by atoms with Crippen LogP contribution in [0.4, 0.5) is 0 Å². The fraction of sp³-hybridized carbons (Fsp3) is 0.484. The van der Waals surface area contributed by atoms with Crippen LogP contribution in [0.5, 0.6) is 0 Å². The van der Waals surface area contributed by atoms with Gasteiger partial charge in [0, 0.05) is 23.8 Å². The maximum atomic E-state index is 7.10. The van der Waals surface area contributed by atoms with Crippen LogP contribution >= 0.6 is 0 Å². The number of benzene rings is 3. The molecule has 1 aliphatic carbocycles. The van der Waals surface area contributed by atoms with E-state index in [1.54, 1.807) is 0 Å². The SMILES string of the molecule is CC(C)[C@@]1(OCc2ccccc2)C[N@+]2(Cc3cccc4ccccc34)CC[C@@H]3CC[C@H]1[C@@]32C. The first-order chi connectivity index (χ1) is 16.0. The zero-order valence-corrected chi connectivity index (χ0v) is 20.5. The van der Waals surface area contributed by atoms with Crippen molar-refractivity contribution < 1.29 is 9.22 Å². The first kappa shape index (κ1) is 21.4. The first-order valence-corrected chi connectivity index (χ1v) is 13.0. The van der Waals surface area contributed by atoms with E-state index in [4.69, 9.17) is 4.74 Å². The summed E-state index contributed by atoms with van der Waals surface area (Å²) >= 11 is 0. The molecule has 33 heavy (non-hydrogen) atoms. The molecule has 3 aromatic carbocycles. The zero-order chi connectivity index (χ0) is 22.7. The Morgan fingerprint density at radius 3 is 2.48 bits per heavy atom. The van der Waals surface area contributed by atoms with Crippen molar-refractivity contribution in [3.8, 4) is 0 Å². The van der Waals surface area contributed by atoms with Gasteiger partial charge in [-0.25, -0.2) is 0 Å². The number of hydrogen-bond acceptors (Lipinski definition) is 1. The standard InChI is InChI=1S/C31H38NO/c1-23(2)31(33-21-24-10-5-4-6-11-24)22-32(19-18-27-16-17-29(31)30(27,32)3)20-26-14-9-13-25-12-7-8-15-28(25)26/h4-15,23,27,29H,16-22H2,1-3H3/q+1/t27-,29-,30+,31-,32+/m0/s1. The Balaban J connectivity index is 1.41. The lowest BCUT2D eigenvalue weighted by Gasteiger charge is -2.44. The molecular formula is C31H38NO+. The van der Waals surface area contributed by atoms with Crippen LogP contribution in [-0.4, -0.2) is 28.7 Å². The lowest BCUT2D eigenvalue weighted by molar-refractivity contribution is -0.967. The number of fused-ring (bicyclic) bond motifs is 1. The van der Waals surface area contributed by atoms with Crippen LogP contribution in [0.15, 0.2) is 72.8 Å². The third-order valence-electron chi connectivity index (χ3n) is 10.1. The Morgan fingerprint density at radius 2 is 1.67 bits per heavy atom. The van der Waals surface area contributed by atoms with Gasteiger partial charge in [-0.15, -0.1) is 0 Å². The quantitative estimate of drug-likeness (QED) is 0.376. The lowest BCUT2D eigenvalue weighted by atomic mass is 9.73. The molecular weight excluding hydrogens is 402 g/mol. The Labute approximate surface area is 199 Å². The van der Waals surface area contributed by atoms with E-state index in [1.807, 2.05) is 0 Å². The summed E-state index contributed by atoms with van der Waals surface area (Å²) in [5.74, 6) is 1.98. The predicted molar refractivity (Wildman–Crippen MR) is 136 cm³/mol. The van der Waals surface area contributed by atoms with Gasteiger partial charge in [-0.3, -0.25) is 0 Å². The summed E-state index contributed by atoms with van der Waals surface area (Å²) in [6.07, 6.45) is 4.08. The summed E-state index contributed by atoms with van der Waals surface area (Å²) < 4.78 is 8.32. The summed E-state index contributed by atoms with van der Waals surface area (Å²) in [5.41, 5.74) is 3.08. The van der Waals surface area contributed by atoms with Crippen molar-refractivity contribution in [3.05, 3.63) is 83.9 Å². The summed E-state index contributed by atoms with van der Waals surface area (Å²) in [4.78, 5) is 0. The average molecular weight is 441 g/mol. The lowest BCUT2D eigenvalue weighted by Crippen LogP contribution is -2.57. The molecule has 3 aliphatic rings. The monoisotopic (exact) mass is 440 g/mol.